The predicted octanol–water partition coefficient (Wildman–Crippen LogP) is 3.65. The number of carbonyl (C=O) groups is 2. The van der Waals surface area contributed by atoms with E-state index in [1.807, 2.05) is 0 Å². The van der Waals surface area contributed by atoms with Crippen molar-refractivity contribution >= 4 is 33.5 Å². The Kier molecular flexibility index (Phi) is 6.97. The number of anilines is 1. The van der Waals surface area contributed by atoms with Gasteiger partial charge in [-0.1, -0.05) is 12.1 Å². The Balaban J connectivity index is 2.11. The fraction of sp³-hybridized carbons (Fsp3) is 0.222. The van der Waals surface area contributed by atoms with Crippen LogP contribution in [0.3, 0.4) is 0 Å². The summed E-state index contributed by atoms with van der Waals surface area (Å²) in [5.74, 6) is 0.0947. The van der Waals surface area contributed by atoms with Gasteiger partial charge in [-0.25, -0.2) is 4.79 Å². The molecule has 0 heterocycles. The van der Waals surface area contributed by atoms with Crippen LogP contribution in [0.25, 0.3) is 0 Å². The van der Waals surface area contributed by atoms with Gasteiger partial charge in [0.1, 0.15) is 12.4 Å². The second-order valence-corrected chi connectivity index (χ2v) is 5.91. The molecule has 132 valence electrons. The molecule has 0 aliphatic rings. The lowest BCUT2D eigenvalue weighted by Crippen LogP contribution is -2.12. The van der Waals surface area contributed by atoms with E-state index in [-0.39, 0.29) is 11.7 Å². The average molecular weight is 408 g/mol. The van der Waals surface area contributed by atoms with Crippen LogP contribution in [0.5, 0.6) is 11.5 Å². The number of esters is 1. The standard InChI is InChI=1S/C18H18BrNO5/c1-12(21)20-15-5-3-4-6-17(15)25-18(22)13-7-8-16(14(19)11-13)24-10-9-23-2/h3-8,11H,9-10H2,1-2H3,(H,20,21). The minimum absolute atomic E-state index is 0.246. The van der Waals surface area contributed by atoms with Gasteiger partial charge >= 0.3 is 5.97 Å². The van der Waals surface area contributed by atoms with Crippen LogP contribution in [0.15, 0.2) is 46.9 Å². The van der Waals surface area contributed by atoms with Crippen molar-refractivity contribution < 1.29 is 23.8 Å². The Morgan fingerprint density at radius 2 is 1.84 bits per heavy atom. The Morgan fingerprint density at radius 1 is 1.08 bits per heavy atom. The first-order valence-corrected chi connectivity index (χ1v) is 8.30. The summed E-state index contributed by atoms with van der Waals surface area (Å²) in [6, 6.07) is 11.6. The van der Waals surface area contributed by atoms with Gasteiger partial charge in [0.25, 0.3) is 0 Å². The molecule has 25 heavy (non-hydrogen) atoms. The number of nitrogens with one attached hydrogen (secondary N) is 1. The van der Waals surface area contributed by atoms with Crippen LogP contribution < -0.4 is 14.8 Å². The summed E-state index contributed by atoms with van der Waals surface area (Å²) in [6.07, 6.45) is 0. The Bertz CT molecular complexity index is 763. The van der Waals surface area contributed by atoms with Gasteiger partial charge in [-0.15, -0.1) is 0 Å². The van der Waals surface area contributed by atoms with E-state index < -0.39 is 5.97 Å². The van der Waals surface area contributed by atoms with Crippen LogP contribution >= 0.6 is 15.9 Å². The molecule has 0 spiro atoms. The summed E-state index contributed by atoms with van der Waals surface area (Å²) in [5, 5.41) is 2.62. The highest BCUT2D eigenvalue weighted by atomic mass is 79.9. The molecule has 0 unspecified atom stereocenters. The number of rotatable bonds is 7. The van der Waals surface area contributed by atoms with Crippen LogP contribution in [0.4, 0.5) is 5.69 Å². The van der Waals surface area contributed by atoms with Crippen molar-refractivity contribution in [3.63, 3.8) is 0 Å². The fourth-order valence-corrected chi connectivity index (χ4v) is 2.48. The molecule has 0 fully saturated rings. The summed E-state index contributed by atoms with van der Waals surface area (Å²) in [6.45, 7) is 2.26. The summed E-state index contributed by atoms with van der Waals surface area (Å²) in [7, 11) is 1.59. The van der Waals surface area contributed by atoms with Crippen LogP contribution in [0.2, 0.25) is 0 Å². The summed E-state index contributed by atoms with van der Waals surface area (Å²) < 4.78 is 16.5. The number of amides is 1. The van der Waals surface area contributed by atoms with Crippen molar-refractivity contribution in [2.24, 2.45) is 0 Å². The van der Waals surface area contributed by atoms with Crippen LogP contribution in [0, 0.1) is 0 Å². The maximum Gasteiger partial charge on any atom is 0.343 e. The van der Waals surface area contributed by atoms with Crippen LogP contribution in [-0.2, 0) is 9.53 Å². The Morgan fingerprint density at radius 3 is 2.52 bits per heavy atom. The topological polar surface area (TPSA) is 73.9 Å². The van der Waals surface area contributed by atoms with E-state index >= 15 is 0 Å². The molecule has 0 saturated carbocycles. The molecule has 2 rings (SSSR count). The van der Waals surface area contributed by atoms with Crippen molar-refractivity contribution in [1.82, 2.24) is 0 Å². The lowest BCUT2D eigenvalue weighted by Gasteiger charge is -2.11. The van der Waals surface area contributed by atoms with Gasteiger partial charge in [0.2, 0.25) is 5.91 Å². The second-order valence-electron chi connectivity index (χ2n) is 5.05. The average Bonchev–Trinajstić information content (AvgIpc) is 2.57. The molecule has 7 heteroatoms. The highest BCUT2D eigenvalue weighted by Gasteiger charge is 2.14. The molecule has 0 aromatic heterocycles. The summed E-state index contributed by atoms with van der Waals surface area (Å²) in [4.78, 5) is 23.6. The number of carbonyl (C=O) groups excluding carboxylic acids is 2. The largest absolute Gasteiger partial charge is 0.490 e. The van der Waals surface area contributed by atoms with E-state index in [1.54, 1.807) is 49.6 Å². The number of methoxy groups -OCH3 is 1. The number of hydrogen-bond donors (Lipinski definition) is 1. The highest BCUT2D eigenvalue weighted by Crippen LogP contribution is 2.28. The van der Waals surface area contributed by atoms with E-state index in [1.165, 1.54) is 6.92 Å². The third-order valence-electron chi connectivity index (χ3n) is 3.11. The fourth-order valence-electron chi connectivity index (χ4n) is 1.99. The van der Waals surface area contributed by atoms with Gasteiger partial charge < -0.3 is 19.5 Å². The van der Waals surface area contributed by atoms with Crippen LogP contribution in [-0.4, -0.2) is 32.2 Å². The molecule has 1 amide bonds. The van der Waals surface area contributed by atoms with Gasteiger partial charge in [0.15, 0.2) is 5.75 Å². The molecule has 6 nitrogen and oxygen atoms in total. The molecule has 0 bridgehead atoms. The van der Waals surface area contributed by atoms with E-state index in [0.29, 0.717) is 34.7 Å². The normalized spacial score (nSPS) is 10.2. The smallest absolute Gasteiger partial charge is 0.343 e. The molecule has 2 aromatic rings. The van der Waals surface area contributed by atoms with Crippen molar-refractivity contribution in [3.8, 4) is 11.5 Å². The molecule has 0 saturated heterocycles. The van der Waals surface area contributed by atoms with E-state index in [2.05, 4.69) is 21.2 Å². The van der Waals surface area contributed by atoms with E-state index in [0.717, 1.165) is 0 Å². The molecule has 0 aliphatic carbocycles. The van der Waals surface area contributed by atoms with Crippen molar-refractivity contribution in [2.75, 3.05) is 25.6 Å². The maximum absolute atomic E-state index is 12.4. The number of ether oxygens (including phenoxy) is 3. The number of hydrogen-bond acceptors (Lipinski definition) is 5. The first-order chi connectivity index (χ1) is 12.0. The molecular formula is C18H18BrNO5. The SMILES string of the molecule is COCCOc1ccc(C(=O)Oc2ccccc2NC(C)=O)cc1Br. The molecule has 2 aromatic carbocycles. The monoisotopic (exact) mass is 407 g/mol. The zero-order chi connectivity index (χ0) is 18.2. The number of halogens is 1. The van der Waals surface area contributed by atoms with E-state index in [9.17, 15) is 9.59 Å². The summed E-state index contributed by atoms with van der Waals surface area (Å²) in [5.41, 5.74) is 0.783. The number of para-hydroxylation sites is 2. The molecule has 1 N–H and O–H groups in total. The third-order valence-corrected chi connectivity index (χ3v) is 3.73. The Hall–Kier alpha value is -2.38. The van der Waals surface area contributed by atoms with Gasteiger partial charge in [0, 0.05) is 14.0 Å². The molecule has 0 radical (unpaired) electrons. The van der Waals surface area contributed by atoms with Gasteiger partial charge in [-0.3, -0.25) is 4.79 Å². The lowest BCUT2D eigenvalue weighted by atomic mass is 10.2. The minimum Gasteiger partial charge on any atom is -0.490 e. The first kappa shape index (κ1) is 19.0. The van der Waals surface area contributed by atoms with Crippen molar-refractivity contribution in [1.29, 1.82) is 0 Å². The van der Waals surface area contributed by atoms with Crippen molar-refractivity contribution in [3.05, 3.63) is 52.5 Å². The quantitative estimate of drug-likeness (QED) is 0.430. The van der Waals surface area contributed by atoms with Gasteiger partial charge in [0.05, 0.1) is 22.3 Å². The van der Waals surface area contributed by atoms with E-state index in [4.69, 9.17) is 14.2 Å². The number of benzene rings is 2. The molecule has 0 aliphatic heterocycles. The zero-order valence-corrected chi connectivity index (χ0v) is 15.5. The minimum atomic E-state index is -0.540. The van der Waals surface area contributed by atoms with Crippen LogP contribution in [0.1, 0.15) is 17.3 Å². The highest BCUT2D eigenvalue weighted by molar-refractivity contribution is 9.10. The lowest BCUT2D eigenvalue weighted by molar-refractivity contribution is -0.114. The second kappa shape index (κ2) is 9.19. The molecular weight excluding hydrogens is 390 g/mol. The molecule has 0 atom stereocenters. The van der Waals surface area contributed by atoms with Gasteiger partial charge in [-0.2, -0.15) is 0 Å². The summed E-state index contributed by atoms with van der Waals surface area (Å²) >= 11 is 3.37. The third kappa shape index (κ3) is 5.58. The Labute approximate surface area is 154 Å². The zero-order valence-electron chi connectivity index (χ0n) is 13.9. The maximum atomic E-state index is 12.4. The van der Waals surface area contributed by atoms with Crippen molar-refractivity contribution in [2.45, 2.75) is 6.92 Å². The van der Waals surface area contributed by atoms with Gasteiger partial charge in [-0.05, 0) is 46.3 Å². The predicted molar refractivity (Wildman–Crippen MR) is 97.2 cm³/mol. The first-order valence-electron chi connectivity index (χ1n) is 7.51.